The Hall–Kier alpha value is -3.62. The van der Waals surface area contributed by atoms with Crippen molar-refractivity contribution in [2.24, 2.45) is 0 Å². The Morgan fingerprint density at radius 1 is 1.15 bits per heavy atom. The Morgan fingerprint density at radius 3 is 2.78 bits per heavy atom. The monoisotopic (exact) mass is 369 g/mol. The van der Waals surface area contributed by atoms with E-state index in [0.29, 0.717) is 34.9 Å². The second-order valence-corrected chi connectivity index (χ2v) is 6.17. The maximum Gasteiger partial charge on any atom is 0.269 e. The van der Waals surface area contributed by atoms with Crippen LogP contribution >= 0.6 is 0 Å². The molecule has 2 aliphatic heterocycles. The van der Waals surface area contributed by atoms with Crippen LogP contribution < -0.4 is 19.7 Å². The fourth-order valence-electron chi connectivity index (χ4n) is 3.15. The van der Waals surface area contributed by atoms with Crippen molar-refractivity contribution in [1.82, 2.24) is 0 Å². The van der Waals surface area contributed by atoms with E-state index in [1.54, 1.807) is 18.2 Å². The average molecular weight is 369 g/mol. The first-order chi connectivity index (χ1) is 13.0. The van der Waals surface area contributed by atoms with E-state index in [4.69, 9.17) is 9.47 Å². The van der Waals surface area contributed by atoms with E-state index in [2.05, 4.69) is 5.32 Å². The molecule has 1 N–H and O–H groups in total. The summed E-state index contributed by atoms with van der Waals surface area (Å²) in [7, 11) is 0. The summed E-state index contributed by atoms with van der Waals surface area (Å²) in [6.07, 6.45) is 0.613. The molecule has 0 atom stereocenters. The second-order valence-electron chi connectivity index (χ2n) is 6.17. The number of hydrogen-bond donors (Lipinski definition) is 1. The van der Waals surface area contributed by atoms with Crippen molar-refractivity contribution in [1.29, 1.82) is 0 Å². The van der Waals surface area contributed by atoms with Crippen molar-refractivity contribution >= 4 is 28.9 Å². The fourth-order valence-corrected chi connectivity index (χ4v) is 3.15. The number of anilines is 2. The molecule has 0 saturated heterocycles. The molecule has 0 saturated carbocycles. The zero-order chi connectivity index (χ0) is 19.0. The summed E-state index contributed by atoms with van der Waals surface area (Å²) in [5, 5.41) is 13.7. The van der Waals surface area contributed by atoms with Crippen LogP contribution in [0.1, 0.15) is 12.0 Å². The van der Waals surface area contributed by atoms with Gasteiger partial charge in [0.2, 0.25) is 18.6 Å². The van der Waals surface area contributed by atoms with Gasteiger partial charge in [-0.2, -0.15) is 0 Å². The largest absolute Gasteiger partial charge is 0.454 e. The highest BCUT2D eigenvalue weighted by Crippen LogP contribution is 2.34. The van der Waals surface area contributed by atoms with Gasteiger partial charge in [0.25, 0.3) is 5.69 Å². The number of carbonyl (C=O) groups excluding carboxylic acids is 2. The van der Waals surface area contributed by atoms with Gasteiger partial charge in [0.05, 0.1) is 4.92 Å². The van der Waals surface area contributed by atoms with E-state index < -0.39 is 4.92 Å². The van der Waals surface area contributed by atoms with Crippen LogP contribution in [0.15, 0.2) is 36.4 Å². The summed E-state index contributed by atoms with van der Waals surface area (Å²) in [4.78, 5) is 36.5. The third kappa shape index (κ3) is 3.26. The van der Waals surface area contributed by atoms with Crippen molar-refractivity contribution in [3.63, 3.8) is 0 Å². The topological polar surface area (TPSA) is 111 Å². The first kappa shape index (κ1) is 16.8. The molecule has 2 aromatic rings. The van der Waals surface area contributed by atoms with E-state index >= 15 is 0 Å². The molecule has 27 heavy (non-hydrogen) atoms. The molecule has 0 aliphatic carbocycles. The van der Waals surface area contributed by atoms with Crippen LogP contribution in [0, 0.1) is 10.1 Å². The van der Waals surface area contributed by atoms with Crippen LogP contribution in [0.4, 0.5) is 17.1 Å². The smallest absolute Gasteiger partial charge is 0.269 e. The third-order valence-electron chi connectivity index (χ3n) is 4.43. The molecule has 2 aromatic carbocycles. The molecule has 2 heterocycles. The molecular formula is C18H15N3O6. The fraction of sp³-hybridized carbons (Fsp3) is 0.222. The molecule has 9 nitrogen and oxygen atoms in total. The lowest BCUT2D eigenvalue weighted by molar-refractivity contribution is -0.384. The number of aryl methyl sites for hydroxylation is 1. The number of fused-ring (bicyclic) bond motifs is 2. The second kappa shape index (κ2) is 6.60. The van der Waals surface area contributed by atoms with Gasteiger partial charge in [-0.3, -0.25) is 19.7 Å². The highest BCUT2D eigenvalue weighted by molar-refractivity contribution is 6.04. The van der Waals surface area contributed by atoms with Gasteiger partial charge in [-0.1, -0.05) is 0 Å². The Bertz CT molecular complexity index is 958. The number of nitrogens with one attached hydrogen (secondary N) is 1. The van der Waals surface area contributed by atoms with Crippen molar-refractivity contribution in [3.8, 4) is 11.5 Å². The normalized spacial score (nSPS) is 14.7. The van der Waals surface area contributed by atoms with Crippen LogP contribution in [0.3, 0.4) is 0 Å². The SMILES string of the molecule is O=C(CN1C(=O)CCc2cc([N+](=O)[O-])ccc21)Nc1ccc2c(c1)OCO2. The van der Waals surface area contributed by atoms with Crippen molar-refractivity contribution in [2.45, 2.75) is 12.8 Å². The summed E-state index contributed by atoms with van der Waals surface area (Å²) in [5.41, 5.74) is 1.70. The number of nitrogens with zero attached hydrogens (tertiary/aromatic N) is 2. The number of amides is 2. The average Bonchev–Trinajstić information content (AvgIpc) is 3.11. The maximum atomic E-state index is 12.4. The van der Waals surface area contributed by atoms with E-state index in [1.807, 2.05) is 0 Å². The Morgan fingerprint density at radius 2 is 1.96 bits per heavy atom. The van der Waals surface area contributed by atoms with Crippen LogP contribution in [0.2, 0.25) is 0 Å². The van der Waals surface area contributed by atoms with Gasteiger partial charge in [-0.05, 0) is 30.2 Å². The summed E-state index contributed by atoms with van der Waals surface area (Å²) in [6.45, 7) is -0.0456. The Kier molecular flexibility index (Phi) is 4.11. The molecule has 9 heteroatoms. The van der Waals surface area contributed by atoms with Crippen LogP contribution in [0.5, 0.6) is 11.5 Å². The maximum absolute atomic E-state index is 12.4. The molecule has 138 valence electrons. The van der Waals surface area contributed by atoms with Crippen molar-refractivity contribution in [2.75, 3.05) is 23.6 Å². The lowest BCUT2D eigenvalue weighted by Crippen LogP contribution is -2.40. The van der Waals surface area contributed by atoms with Crippen LogP contribution in [0.25, 0.3) is 0 Å². The minimum Gasteiger partial charge on any atom is -0.454 e. The van der Waals surface area contributed by atoms with Crippen LogP contribution in [-0.2, 0) is 16.0 Å². The van der Waals surface area contributed by atoms with Gasteiger partial charge in [0, 0.05) is 36.0 Å². The number of hydrogen-bond acceptors (Lipinski definition) is 6. The number of nitro groups is 1. The van der Waals surface area contributed by atoms with Crippen molar-refractivity contribution in [3.05, 3.63) is 52.1 Å². The van der Waals surface area contributed by atoms with E-state index in [-0.39, 0.29) is 37.3 Å². The molecule has 0 spiro atoms. The van der Waals surface area contributed by atoms with Gasteiger partial charge in [0.15, 0.2) is 11.5 Å². The highest BCUT2D eigenvalue weighted by atomic mass is 16.7. The summed E-state index contributed by atoms with van der Waals surface area (Å²) in [6, 6.07) is 9.32. The van der Waals surface area contributed by atoms with Gasteiger partial charge in [-0.25, -0.2) is 0 Å². The zero-order valence-corrected chi connectivity index (χ0v) is 14.1. The standard InChI is InChI=1S/C18H15N3O6/c22-17(19-12-2-5-15-16(8-12)27-10-26-15)9-20-14-4-3-13(21(24)25)7-11(14)1-6-18(20)23/h2-5,7-8H,1,6,9-10H2,(H,19,22). The predicted octanol–water partition coefficient (Wildman–Crippen LogP) is 2.24. The summed E-state index contributed by atoms with van der Waals surface area (Å²) >= 11 is 0. The quantitative estimate of drug-likeness (QED) is 0.654. The van der Waals surface area contributed by atoms with E-state index in [0.717, 1.165) is 0 Å². The molecule has 0 aromatic heterocycles. The number of non-ortho nitro benzene ring substituents is 1. The molecular weight excluding hydrogens is 354 g/mol. The molecule has 4 rings (SSSR count). The lowest BCUT2D eigenvalue weighted by Gasteiger charge is -2.28. The number of nitro benzene ring substituents is 1. The molecule has 0 bridgehead atoms. The predicted molar refractivity (Wildman–Crippen MR) is 95.0 cm³/mol. The van der Waals surface area contributed by atoms with E-state index in [9.17, 15) is 19.7 Å². The summed E-state index contributed by atoms with van der Waals surface area (Å²) in [5.74, 6) is 0.569. The molecule has 0 fully saturated rings. The molecule has 0 unspecified atom stereocenters. The zero-order valence-electron chi connectivity index (χ0n) is 14.1. The number of ether oxygens (including phenoxy) is 2. The minimum absolute atomic E-state index is 0.0344. The lowest BCUT2D eigenvalue weighted by atomic mass is 10.0. The molecule has 2 aliphatic rings. The molecule has 2 amide bonds. The Balaban J connectivity index is 1.51. The minimum atomic E-state index is -0.479. The first-order valence-electron chi connectivity index (χ1n) is 8.28. The van der Waals surface area contributed by atoms with Gasteiger partial charge < -0.3 is 19.7 Å². The number of rotatable bonds is 4. The Labute approximate surface area is 153 Å². The number of carbonyl (C=O) groups is 2. The van der Waals surface area contributed by atoms with Crippen molar-refractivity contribution < 1.29 is 24.0 Å². The summed E-state index contributed by atoms with van der Waals surface area (Å²) < 4.78 is 10.5. The molecule has 0 radical (unpaired) electrons. The van der Waals surface area contributed by atoms with E-state index in [1.165, 1.54) is 23.1 Å². The number of benzene rings is 2. The highest BCUT2D eigenvalue weighted by Gasteiger charge is 2.27. The van der Waals surface area contributed by atoms with Gasteiger partial charge >= 0.3 is 0 Å². The van der Waals surface area contributed by atoms with Crippen LogP contribution in [-0.4, -0.2) is 30.1 Å². The first-order valence-corrected chi connectivity index (χ1v) is 8.28. The van der Waals surface area contributed by atoms with Gasteiger partial charge in [0.1, 0.15) is 6.54 Å². The van der Waals surface area contributed by atoms with Gasteiger partial charge in [-0.15, -0.1) is 0 Å². The third-order valence-corrected chi connectivity index (χ3v) is 4.43.